The summed E-state index contributed by atoms with van der Waals surface area (Å²) in [6, 6.07) is -0.247. The van der Waals surface area contributed by atoms with Crippen LogP contribution < -0.4 is 10.6 Å². The maximum atomic E-state index is 11.6. The molecule has 6 heteroatoms. The third-order valence-electron chi connectivity index (χ3n) is 2.78. The molecule has 0 aromatic carbocycles. The van der Waals surface area contributed by atoms with Gasteiger partial charge in [-0.15, -0.1) is 0 Å². The molecule has 6 nitrogen and oxygen atoms in total. The molecule has 0 radical (unpaired) electrons. The minimum absolute atomic E-state index is 0.115. The van der Waals surface area contributed by atoms with E-state index < -0.39 is 0 Å². The average Bonchev–Trinajstić information content (AvgIpc) is 2.70. The highest BCUT2D eigenvalue weighted by atomic mass is 16.3. The number of aryl methyl sites for hydroxylation is 1. The number of carbonyl (C=O) groups excluding carboxylic acids is 1. The van der Waals surface area contributed by atoms with Gasteiger partial charge in [-0.2, -0.15) is 0 Å². The van der Waals surface area contributed by atoms with Crippen LogP contribution in [-0.2, 0) is 6.54 Å². The molecule has 0 atom stereocenters. The topological polar surface area (TPSA) is 87.4 Å². The van der Waals surface area contributed by atoms with Crippen molar-refractivity contribution >= 4 is 6.03 Å². The molecule has 0 bridgehead atoms. The quantitative estimate of drug-likeness (QED) is 0.712. The van der Waals surface area contributed by atoms with Crippen molar-refractivity contribution < 1.29 is 14.3 Å². The van der Waals surface area contributed by atoms with E-state index in [-0.39, 0.29) is 18.1 Å². The lowest BCUT2D eigenvalue weighted by atomic mass is 9.90. The summed E-state index contributed by atoms with van der Waals surface area (Å²) in [4.78, 5) is 15.5. The van der Waals surface area contributed by atoms with Crippen LogP contribution in [0.25, 0.3) is 0 Å². The van der Waals surface area contributed by atoms with E-state index in [0.29, 0.717) is 25.3 Å². The average molecular weight is 255 g/mol. The van der Waals surface area contributed by atoms with Crippen LogP contribution in [0.15, 0.2) is 10.8 Å². The van der Waals surface area contributed by atoms with Gasteiger partial charge in [0, 0.05) is 13.2 Å². The van der Waals surface area contributed by atoms with E-state index in [0.717, 1.165) is 5.69 Å². The van der Waals surface area contributed by atoms with E-state index in [4.69, 9.17) is 9.52 Å². The Morgan fingerprint density at radius 2 is 2.22 bits per heavy atom. The summed E-state index contributed by atoms with van der Waals surface area (Å²) in [6.45, 7) is 6.75. The fourth-order valence-electron chi connectivity index (χ4n) is 1.44. The fraction of sp³-hybridized carbons (Fsp3) is 0.667. The second-order valence-corrected chi connectivity index (χ2v) is 5.03. The van der Waals surface area contributed by atoms with Gasteiger partial charge in [-0.3, -0.25) is 0 Å². The van der Waals surface area contributed by atoms with Gasteiger partial charge in [0.25, 0.3) is 0 Å². The fourth-order valence-corrected chi connectivity index (χ4v) is 1.44. The lowest BCUT2D eigenvalue weighted by Gasteiger charge is -2.23. The summed E-state index contributed by atoms with van der Waals surface area (Å²) in [5, 5.41) is 14.4. The van der Waals surface area contributed by atoms with Crippen LogP contribution in [0.1, 0.15) is 31.7 Å². The van der Waals surface area contributed by atoms with Gasteiger partial charge in [-0.05, 0) is 18.8 Å². The normalized spacial score (nSPS) is 11.3. The minimum Gasteiger partial charge on any atom is -0.448 e. The molecule has 0 spiro atoms. The zero-order valence-electron chi connectivity index (χ0n) is 11.1. The number of amides is 2. The maximum Gasteiger partial charge on any atom is 0.315 e. The SMILES string of the molecule is Cc1ocnc1CNC(=O)NCC(C)(C)CCO. The van der Waals surface area contributed by atoms with E-state index in [9.17, 15) is 4.79 Å². The number of aliphatic hydroxyl groups excluding tert-OH is 1. The second-order valence-electron chi connectivity index (χ2n) is 5.03. The van der Waals surface area contributed by atoms with Crippen LogP contribution in [0.4, 0.5) is 4.79 Å². The number of nitrogens with one attached hydrogen (secondary N) is 2. The Balaban J connectivity index is 2.28. The molecule has 2 amide bonds. The maximum absolute atomic E-state index is 11.6. The molecule has 0 unspecified atom stereocenters. The van der Waals surface area contributed by atoms with Gasteiger partial charge in [0.2, 0.25) is 0 Å². The summed E-state index contributed by atoms with van der Waals surface area (Å²) in [7, 11) is 0. The predicted molar refractivity (Wildman–Crippen MR) is 67.0 cm³/mol. The van der Waals surface area contributed by atoms with E-state index in [2.05, 4.69) is 15.6 Å². The van der Waals surface area contributed by atoms with Gasteiger partial charge < -0.3 is 20.2 Å². The number of hydrogen-bond acceptors (Lipinski definition) is 4. The highest BCUT2D eigenvalue weighted by Crippen LogP contribution is 2.17. The third kappa shape index (κ3) is 4.75. The molecule has 0 aliphatic carbocycles. The van der Waals surface area contributed by atoms with Crippen molar-refractivity contribution in [3.63, 3.8) is 0 Å². The van der Waals surface area contributed by atoms with Crippen molar-refractivity contribution in [2.24, 2.45) is 5.41 Å². The number of urea groups is 1. The highest BCUT2D eigenvalue weighted by molar-refractivity contribution is 5.73. The minimum atomic E-state index is -0.247. The summed E-state index contributed by atoms with van der Waals surface area (Å²) in [5.74, 6) is 0.705. The Bertz CT molecular complexity index is 388. The molecule has 0 saturated carbocycles. The van der Waals surface area contributed by atoms with Crippen molar-refractivity contribution in [2.45, 2.75) is 33.7 Å². The molecule has 0 aliphatic rings. The van der Waals surface area contributed by atoms with Crippen LogP contribution in [-0.4, -0.2) is 29.3 Å². The van der Waals surface area contributed by atoms with E-state index >= 15 is 0 Å². The summed E-state index contributed by atoms with van der Waals surface area (Å²) in [6.07, 6.45) is 2.00. The van der Waals surface area contributed by atoms with Gasteiger partial charge in [0.05, 0.1) is 6.54 Å². The Hall–Kier alpha value is -1.56. The number of oxazole rings is 1. The second kappa shape index (κ2) is 6.39. The molecule has 1 aromatic heterocycles. The molecule has 3 N–H and O–H groups in total. The zero-order chi connectivity index (χ0) is 13.6. The molecule has 0 aliphatic heterocycles. The van der Waals surface area contributed by atoms with Crippen LogP contribution in [0.2, 0.25) is 0 Å². The Kier molecular flexibility index (Phi) is 5.15. The Labute approximate surface area is 107 Å². The van der Waals surface area contributed by atoms with Gasteiger partial charge in [-0.1, -0.05) is 13.8 Å². The third-order valence-corrected chi connectivity index (χ3v) is 2.78. The number of nitrogens with zero attached hydrogens (tertiary/aromatic N) is 1. The van der Waals surface area contributed by atoms with Crippen molar-refractivity contribution in [1.82, 2.24) is 15.6 Å². The van der Waals surface area contributed by atoms with Gasteiger partial charge >= 0.3 is 6.03 Å². The number of rotatable bonds is 6. The highest BCUT2D eigenvalue weighted by Gasteiger charge is 2.18. The number of aliphatic hydroxyl groups is 1. The summed E-state index contributed by atoms with van der Waals surface area (Å²) < 4.78 is 5.03. The first-order valence-corrected chi connectivity index (χ1v) is 5.96. The van der Waals surface area contributed by atoms with Crippen molar-refractivity contribution in [1.29, 1.82) is 0 Å². The smallest absolute Gasteiger partial charge is 0.315 e. The Morgan fingerprint density at radius 3 is 2.78 bits per heavy atom. The first-order chi connectivity index (χ1) is 8.44. The van der Waals surface area contributed by atoms with E-state index in [1.54, 1.807) is 6.92 Å². The van der Waals surface area contributed by atoms with Gasteiger partial charge in [-0.25, -0.2) is 9.78 Å². The number of carbonyl (C=O) groups is 1. The Morgan fingerprint density at radius 1 is 1.50 bits per heavy atom. The number of hydrogen-bond donors (Lipinski definition) is 3. The molecule has 18 heavy (non-hydrogen) atoms. The molecule has 102 valence electrons. The first kappa shape index (κ1) is 14.5. The van der Waals surface area contributed by atoms with Crippen molar-refractivity contribution in [3.8, 4) is 0 Å². The monoisotopic (exact) mass is 255 g/mol. The van der Waals surface area contributed by atoms with Gasteiger partial charge in [0.15, 0.2) is 6.39 Å². The molecular formula is C12H21N3O3. The van der Waals surface area contributed by atoms with E-state index in [1.807, 2.05) is 13.8 Å². The lowest BCUT2D eigenvalue weighted by Crippen LogP contribution is -2.40. The molecule has 1 aromatic rings. The lowest BCUT2D eigenvalue weighted by molar-refractivity contribution is 0.201. The van der Waals surface area contributed by atoms with Crippen LogP contribution in [0, 0.1) is 12.3 Å². The van der Waals surface area contributed by atoms with Crippen LogP contribution in [0.3, 0.4) is 0 Å². The number of aromatic nitrogens is 1. The van der Waals surface area contributed by atoms with E-state index in [1.165, 1.54) is 6.39 Å². The standard InChI is InChI=1S/C12H21N3O3/c1-9-10(15-8-18-9)6-13-11(17)14-7-12(2,3)4-5-16/h8,16H,4-7H2,1-3H3,(H2,13,14,17). The molecule has 0 saturated heterocycles. The molecular weight excluding hydrogens is 234 g/mol. The largest absolute Gasteiger partial charge is 0.448 e. The zero-order valence-corrected chi connectivity index (χ0v) is 11.1. The summed E-state index contributed by atoms with van der Waals surface area (Å²) >= 11 is 0. The van der Waals surface area contributed by atoms with Crippen molar-refractivity contribution in [3.05, 3.63) is 17.8 Å². The first-order valence-electron chi connectivity index (χ1n) is 5.96. The molecule has 0 fully saturated rings. The molecule has 1 heterocycles. The molecule has 1 rings (SSSR count). The van der Waals surface area contributed by atoms with Crippen molar-refractivity contribution in [2.75, 3.05) is 13.2 Å². The van der Waals surface area contributed by atoms with Crippen LogP contribution in [0.5, 0.6) is 0 Å². The summed E-state index contributed by atoms with van der Waals surface area (Å²) in [5.41, 5.74) is 0.607. The van der Waals surface area contributed by atoms with Crippen LogP contribution >= 0.6 is 0 Å². The predicted octanol–water partition coefficient (Wildman–Crippen LogP) is 1.19. The van der Waals surface area contributed by atoms with Gasteiger partial charge in [0.1, 0.15) is 11.5 Å².